The molecule has 1 fully saturated rings. The average Bonchev–Trinajstić information content (AvgIpc) is 3.46. The van der Waals surface area contributed by atoms with E-state index in [1.165, 1.54) is 0 Å². The van der Waals surface area contributed by atoms with Crippen molar-refractivity contribution < 1.29 is 33.8 Å². The van der Waals surface area contributed by atoms with Gasteiger partial charge in [-0.3, -0.25) is 19.3 Å². The number of amides is 4. The molecule has 1 atom stereocenters. The molecule has 0 radical (unpaired) electrons. The molecule has 246 valence electrons. The smallest absolute Gasteiger partial charge is 0.410 e. The number of ether oxygens (including phenoxy) is 2. The van der Waals surface area contributed by atoms with Crippen molar-refractivity contribution in [3.8, 4) is 5.75 Å². The van der Waals surface area contributed by atoms with Gasteiger partial charge in [0.15, 0.2) is 0 Å². The van der Waals surface area contributed by atoms with E-state index in [2.05, 4.69) is 6.92 Å². The summed E-state index contributed by atoms with van der Waals surface area (Å²) in [5.74, 6) is -0.265. The zero-order valence-corrected chi connectivity index (χ0v) is 27.2. The average molecular weight is 634 g/mol. The number of fused-ring (bicyclic) bond motifs is 2. The molecule has 2 aliphatic heterocycles. The molecular weight excluding hydrogens is 590 g/mol. The number of rotatable bonds is 10. The van der Waals surface area contributed by atoms with Gasteiger partial charge in [0.2, 0.25) is 0 Å². The van der Waals surface area contributed by atoms with E-state index < -0.39 is 29.6 Å². The van der Waals surface area contributed by atoms with Crippen LogP contribution in [-0.4, -0.2) is 97.7 Å². The summed E-state index contributed by atoms with van der Waals surface area (Å²) in [6.45, 7) is 11.0. The third-order valence-electron chi connectivity index (χ3n) is 8.01. The van der Waals surface area contributed by atoms with Crippen LogP contribution in [0.15, 0.2) is 36.4 Å². The number of hydrogen-bond acceptors (Lipinski definition) is 8. The molecule has 3 aromatic rings. The van der Waals surface area contributed by atoms with Gasteiger partial charge in [0.05, 0.1) is 53.5 Å². The third kappa shape index (κ3) is 7.01. The minimum atomic E-state index is -0.755. The third-order valence-corrected chi connectivity index (χ3v) is 8.01. The molecular formula is C34H43N5O7. The first kappa shape index (κ1) is 32.9. The van der Waals surface area contributed by atoms with Gasteiger partial charge in [0.1, 0.15) is 17.2 Å². The maximum Gasteiger partial charge on any atom is 0.410 e. The number of aliphatic hydroxyl groups excluding tert-OH is 1. The van der Waals surface area contributed by atoms with Crippen LogP contribution in [0.25, 0.3) is 11.0 Å². The van der Waals surface area contributed by atoms with Crippen LogP contribution in [0.3, 0.4) is 0 Å². The van der Waals surface area contributed by atoms with Crippen molar-refractivity contribution in [2.75, 3.05) is 32.8 Å². The molecule has 1 aromatic heterocycles. The van der Waals surface area contributed by atoms with E-state index in [-0.39, 0.29) is 19.0 Å². The van der Waals surface area contributed by atoms with E-state index in [1.54, 1.807) is 57.7 Å². The molecule has 4 amide bonds. The fraction of sp³-hybridized carbons (Fsp3) is 0.500. The topological polar surface area (TPSA) is 135 Å². The molecule has 46 heavy (non-hydrogen) atoms. The lowest BCUT2D eigenvalue weighted by Crippen LogP contribution is -2.51. The van der Waals surface area contributed by atoms with Crippen molar-refractivity contribution in [2.45, 2.75) is 78.7 Å². The van der Waals surface area contributed by atoms with Gasteiger partial charge >= 0.3 is 6.09 Å². The highest BCUT2D eigenvalue weighted by atomic mass is 16.6. The standard InChI is InChI=1S/C34H43N5O7/c1-6-7-10-17-45-28-19-27-26(18-25(28)30(41)36-13-15-37(16-14-36)33(44)46-34(3,4)5)35-29(38(27)20-22(2)40)21-39-31(42)23-11-8-9-12-24(23)32(39)43/h8-9,11-12,18-19,22,40H,6-7,10,13-17,20-21H2,1-5H3/t22-/m0/s1. The van der Waals surface area contributed by atoms with Gasteiger partial charge in [-0.25, -0.2) is 9.78 Å². The summed E-state index contributed by atoms with van der Waals surface area (Å²) < 4.78 is 13.5. The van der Waals surface area contributed by atoms with Gasteiger partial charge < -0.3 is 28.9 Å². The first-order valence-electron chi connectivity index (χ1n) is 15.9. The first-order chi connectivity index (χ1) is 21.9. The molecule has 0 saturated carbocycles. The first-order valence-corrected chi connectivity index (χ1v) is 15.9. The Morgan fingerprint density at radius 1 is 0.978 bits per heavy atom. The lowest BCUT2D eigenvalue weighted by Gasteiger charge is -2.35. The maximum absolute atomic E-state index is 14.0. The van der Waals surface area contributed by atoms with Crippen molar-refractivity contribution in [3.05, 3.63) is 58.9 Å². The molecule has 5 rings (SSSR count). The number of carbonyl (C=O) groups is 4. The van der Waals surface area contributed by atoms with Crippen LogP contribution in [0.2, 0.25) is 0 Å². The van der Waals surface area contributed by atoms with Crippen LogP contribution in [0.5, 0.6) is 5.75 Å². The minimum Gasteiger partial charge on any atom is -0.493 e. The molecule has 0 spiro atoms. The van der Waals surface area contributed by atoms with Gasteiger partial charge in [-0.1, -0.05) is 31.9 Å². The molecule has 0 unspecified atom stereocenters. The van der Waals surface area contributed by atoms with Crippen LogP contribution in [0, 0.1) is 0 Å². The molecule has 12 heteroatoms. The SMILES string of the molecule is CCCCCOc1cc2c(cc1C(=O)N1CCN(C(=O)OC(C)(C)C)CC1)nc(CN1C(=O)c3ccccc3C1=O)n2C[C@H](C)O. The van der Waals surface area contributed by atoms with Crippen LogP contribution in [-0.2, 0) is 17.8 Å². The van der Waals surface area contributed by atoms with Crippen molar-refractivity contribution in [1.82, 2.24) is 24.3 Å². The van der Waals surface area contributed by atoms with Crippen LogP contribution >= 0.6 is 0 Å². The molecule has 2 aliphatic rings. The van der Waals surface area contributed by atoms with Crippen molar-refractivity contribution in [2.24, 2.45) is 0 Å². The number of piperazine rings is 1. The fourth-order valence-corrected chi connectivity index (χ4v) is 5.72. The fourth-order valence-electron chi connectivity index (χ4n) is 5.72. The lowest BCUT2D eigenvalue weighted by atomic mass is 10.1. The number of nitrogens with zero attached hydrogens (tertiary/aromatic N) is 5. The van der Waals surface area contributed by atoms with Gasteiger partial charge in [0.25, 0.3) is 17.7 Å². The summed E-state index contributed by atoms with van der Waals surface area (Å²) >= 11 is 0. The summed E-state index contributed by atoms with van der Waals surface area (Å²) in [6.07, 6.45) is 1.64. The van der Waals surface area contributed by atoms with E-state index in [0.29, 0.717) is 72.1 Å². The number of carbonyl (C=O) groups excluding carboxylic acids is 4. The number of aliphatic hydroxyl groups is 1. The molecule has 0 aliphatic carbocycles. The number of aromatic nitrogens is 2. The van der Waals surface area contributed by atoms with E-state index in [4.69, 9.17) is 14.5 Å². The summed E-state index contributed by atoms with van der Waals surface area (Å²) in [4.78, 5) is 62.1. The normalized spacial score (nSPS) is 15.8. The Kier molecular flexibility index (Phi) is 9.66. The predicted molar refractivity (Wildman–Crippen MR) is 171 cm³/mol. The summed E-state index contributed by atoms with van der Waals surface area (Å²) in [7, 11) is 0. The highest BCUT2D eigenvalue weighted by Crippen LogP contribution is 2.31. The molecule has 1 saturated heterocycles. The Bertz CT molecular complexity index is 1600. The monoisotopic (exact) mass is 633 g/mol. The van der Waals surface area contributed by atoms with Crippen molar-refractivity contribution >= 4 is 34.8 Å². The summed E-state index contributed by atoms with van der Waals surface area (Å²) in [5, 5.41) is 10.4. The second-order valence-electron chi connectivity index (χ2n) is 12.9. The summed E-state index contributed by atoms with van der Waals surface area (Å²) in [6, 6.07) is 10.1. The predicted octanol–water partition coefficient (Wildman–Crippen LogP) is 4.48. The number of benzene rings is 2. The Morgan fingerprint density at radius 2 is 1.61 bits per heavy atom. The van der Waals surface area contributed by atoms with E-state index in [9.17, 15) is 24.3 Å². The number of hydrogen-bond donors (Lipinski definition) is 1. The van der Waals surface area contributed by atoms with Crippen LogP contribution in [0.4, 0.5) is 4.79 Å². The second kappa shape index (κ2) is 13.5. The summed E-state index contributed by atoms with van der Waals surface area (Å²) in [5.41, 5.74) is 1.50. The van der Waals surface area contributed by atoms with Crippen molar-refractivity contribution in [3.63, 3.8) is 0 Å². The van der Waals surface area contributed by atoms with E-state index in [0.717, 1.165) is 24.2 Å². The second-order valence-corrected chi connectivity index (χ2v) is 12.9. The molecule has 0 bridgehead atoms. The molecule has 1 N–H and O–H groups in total. The lowest BCUT2D eigenvalue weighted by molar-refractivity contribution is 0.0140. The van der Waals surface area contributed by atoms with E-state index in [1.807, 2.05) is 20.8 Å². The number of unbranched alkanes of at least 4 members (excludes halogenated alkanes) is 2. The Hall–Kier alpha value is -4.45. The maximum atomic E-state index is 14.0. The largest absolute Gasteiger partial charge is 0.493 e. The Labute approximate surface area is 268 Å². The van der Waals surface area contributed by atoms with Gasteiger partial charge in [-0.15, -0.1) is 0 Å². The molecule has 3 heterocycles. The van der Waals surface area contributed by atoms with Crippen molar-refractivity contribution in [1.29, 1.82) is 0 Å². The molecule has 2 aromatic carbocycles. The molecule has 12 nitrogen and oxygen atoms in total. The highest BCUT2D eigenvalue weighted by molar-refractivity contribution is 6.21. The zero-order valence-electron chi connectivity index (χ0n) is 27.2. The van der Waals surface area contributed by atoms with Gasteiger partial charge in [-0.05, 0) is 52.3 Å². The minimum absolute atomic E-state index is 0.101. The highest BCUT2D eigenvalue weighted by Gasteiger charge is 2.36. The number of imide groups is 1. The zero-order chi connectivity index (χ0) is 33.2. The Morgan fingerprint density at radius 3 is 2.20 bits per heavy atom. The van der Waals surface area contributed by atoms with E-state index >= 15 is 0 Å². The van der Waals surface area contributed by atoms with Crippen LogP contribution < -0.4 is 4.74 Å². The van der Waals surface area contributed by atoms with Gasteiger partial charge in [0, 0.05) is 32.2 Å². The Balaban J connectivity index is 1.46. The van der Waals surface area contributed by atoms with Crippen LogP contribution in [0.1, 0.15) is 90.8 Å². The number of imidazole rings is 1. The quantitative estimate of drug-likeness (QED) is 0.255. The van der Waals surface area contributed by atoms with Gasteiger partial charge in [-0.2, -0.15) is 0 Å².